The van der Waals surface area contributed by atoms with Crippen LogP contribution in [0.15, 0.2) is 66.7 Å². The van der Waals surface area contributed by atoms with Crippen LogP contribution in [-0.2, 0) is 10.3 Å². The second kappa shape index (κ2) is 8.22. The second-order valence-corrected chi connectivity index (χ2v) is 8.55. The van der Waals surface area contributed by atoms with Crippen molar-refractivity contribution in [2.24, 2.45) is 0 Å². The largest absolute Gasteiger partial charge is 0.352 e. The maximum absolute atomic E-state index is 12.5. The number of carbonyl (C=O) groups excluding carboxylic acids is 2. The van der Waals surface area contributed by atoms with E-state index in [4.69, 9.17) is 0 Å². The molecule has 2 amide bonds. The lowest BCUT2D eigenvalue weighted by Crippen LogP contribution is -2.29. The smallest absolute Gasteiger partial charge is 0.251 e. The first-order valence-electron chi connectivity index (χ1n) is 10.4. The number of anilines is 1. The molecule has 0 aliphatic heterocycles. The van der Waals surface area contributed by atoms with Gasteiger partial charge in [0.05, 0.1) is 11.0 Å². The number of imidazole rings is 1. The molecule has 2 N–H and O–H groups in total. The van der Waals surface area contributed by atoms with Gasteiger partial charge in [-0.1, -0.05) is 42.5 Å². The summed E-state index contributed by atoms with van der Waals surface area (Å²) in [5.41, 5.74) is 2.13. The molecule has 0 aliphatic carbocycles. The van der Waals surface area contributed by atoms with Gasteiger partial charge in [0.1, 0.15) is 0 Å². The summed E-state index contributed by atoms with van der Waals surface area (Å²) < 4.78 is 2.02. The van der Waals surface area contributed by atoms with Gasteiger partial charge in [0.2, 0.25) is 11.9 Å². The monoisotopic (exact) mass is 414 g/mol. The number of carbonyl (C=O) groups is 2. The highest BCUT2D eigenvalue weighted by Crippen LogP contribution is 2.27. The van der Waals surface area contributed by atoms with Crippen LogP contribution in [0.25, 0.3) is 21.8 Å². The van der Waals surface area contributed by atoms with Crippen molar-refractivity contribution in [2.75, 3.05) is 11.9 Å². The van der Waals surface area contributed by atoms with Crippen LogP contribution in [0.4, 0.5) is 5.95 Å². The first-order valence-corrected chi connectivity index (χ1v) is 10.4. The van der Waals surface area contributed by atoms with E-state index in [1.165, 1.54) is 0 Å². The van der Waals surface area contributed by atoms with Crippen LogP contribution in [0, 0.1) is 0 Å². The third-order valence-corrected chi connectivity index (χ3v) is 5.13. The Morgan fingerprint density at radius 2 is 1.65 bits per heavy atom. The minimum atomic E-state index is -0.247. The predicted molar refractivity (Wildman–Crippen MR) is 124 cm³/mol. The summed E-state index contributed by atoms with van der Waals surface area (Å²) in [7, 11) is 0. The number of benzene rings is 3. The lowest BCUT2D eigenvalue weighted by molar-refractivity contribution is -0.116. The molecule has 3 aromatic carbocycles. The molecule has 0 unspecified atom stereocenters. The van der Waals surface area contributed by atoms with Gasteiger partial charge in [-0.2, -0.15) is 0 Å². The zero-order valence-corrected chi connectivity index (χ0v) is 18.0. The Kier molecular flexibility index (Phi) is 5.46. The fourth-order valence-corrected chi connectivity index (χ4v) is 3.70. The molecule has 0 saturated carbocycles. The topological polar surface area (TPSA) is 76.0 Å². The summed E-state index contributed by atoms with van der Waals surface area (Å²) in [6, 6.07) is 21.3. The van der Waals surface area contributed by atoms with Gasteiger partial charge >= 0.3 is 0 Å². The van der Waals surface area contributed by atoms with Gasteiger partial charge in [0.25, 0.3) is 5.91 Å². The van der Waals surface area contributed by atoms with E-state index in [1.54, 1.807) is 6.07 Å². The molecular weight excluding hydrogens is 388 g/mol. The molecule has 0 atom stereocenters. The number of fused-ring (bicyclic) bond motifs is 2. The standard InChI is InChI=1S/C25H26N4O2/c1-25(2,3)29-21-11-7-6-10-20(21)27-24(29)28-22(30)14-15-26-23(31)19-13-12-17-8-4-5-9-18(17)16-19/h4-13,16H,14-15H2,1-3H3,(H,26,31)(H,27,28,30). The maximum atomic E-state index is 12.5. The Labute approximate surface area is 181 Å². The first kappa shape index (κ1) is 20.6. The Morgan fingerprint density at radius 3 is 2.42 bits per heavy atom. The summed E-state index contributed by atoms with van der Waals surface area (Å²) in [4.78, 5) is 29.6. The highest BCUT2D eigenvalue weighted by Gasteiger charge is 2.22. The zero-order chi connectivity index (χ0) is 22.0. The summed E-state index contributed by atoms with van der Waals surface area (Å²) in [5, 5.41) is 7.82. The van der Waals surface area contributed by atoms with Crippen LogP contribution in [0.1, 0.15) is 37.6 Å². The van der Waals surface area contributed by atoms with Crippen molar-refractivity contribution >= 4 is 39.6 Å². The van der Waals surface area contributed by atoms with Gasteiger partial charge in [0, 0.05) is 24.1 Å². The van der Waals surface area contributed by atoms with E-state index >= 15 is 0 Å². The quantitative estimate of drug-likeness (QED) is 0.497. The highest BCUT2D eigenvalue weighted by atomic mass is 16.2. The summed E-state index contributed by atoms with van der Waals surface area (Å²) in [5.74, 6) is 0.125. The van der Waals surface area contributed by atoms with Crippen LogP contribution in [0.5, 0.6) is 0 Å². The van der Waals surface area contributed by atoms with Crippen molar-refractivity contribution in [3.8, 4) is 0 Å². The van der Waals surface area contributed by atoms with Crippen LogP contribution < -0.4 is 10.6 Å². The van der Waals surface area contributed by atoms with Crippen molar-refractivity contribution < 1.29 is 9.59 Å². The van der Waals surface area contributed by atoms with Gasteiger partial charge < -0.3 is 9.88 Å². The molecule has 0 aliphatic rings. The number of rotatable bonds is 5. The molecule has 0 radical (unpaired) electrons. The third-order valence-electron chi connectivity index (χ3n) is 5.13. The molecule has 0 saturated heterocycles. The molecule has 31 heavy (non-hydrogen) atoms. The van der Waals surface area contributed by atoms with E-state index in [9.17, 15) is 9.59 Å². The van der Waals surface area contributed by atoms with E-state index in [2.05, 4.69) is 36.4 Å². The van der Waals surface area contributed by atoms with E-state index in [0.717, 1.165) is 21.8 Å². The van der Waals surface area contributed by atoms with Crippen LogP contribution in [0.2, 0.25) is 0 Å². The average Bonchev–Trinajstić information content (AvgIpc) is 3.11. The van der Waals surface area contributed by atoms with Crippen molar-refractivity contribution in [1.82, 2.24) is 14.9 Å². The molecule has 1 heterocycles. The maximum Gasteiger partial charge on any atom is 0.251 e. The molecular formula is C25H26N4O2. The Balaban J connectivity index is 1.40. The molecule has 0 bridgehead atoms. The average molecular weight is 415 g/mol. The Bertz CT molecular complexity index is 1270. The lowest BCUT2D eigenvalue weighted by atomic mass is 10.1. The fraction of sp³-hybridized carbons (Fsp3) is 0.240. The van der Waals surface area contributed by atoms with Crippen molar-refractivity contribution in [3.05, 3.63) is 72.3 Å². The first-order chi connectivity index (χ1) is 14.8. The SMILES string of the molecule is CC(C)(C)n1c(NC(=O)CCNC(=O)c2ccc3ccccc3c2)nc2ccccc21. The van der Waals surface area contributed by atoms with Crippen LogP contribution in [-0.4, -0.2) is 27.9 Å². The highest BCUT2D eigenvalue weighted by molar-refractivity contribution is 5.99. The minimum absolute atomic E-state index is 0.159. The van der Waals surface area contributed by atoms with E-state index < -0.39 is 0 Å². The van der Waals surface area contributed by atoms with Crippen molar-refractivity contribution in [1.29, 1.82) is 0 Å². The molecule has 4 aromatic rings. The normalized spacial score (nSPS) is 11.6. The molecule has 6 heteroatoms. The zero-order valence-electron chi connectivity index (χ0n) is 18.0. The summed E-state index contributed by atoms with van der Waals surface area (Å²) in [6.07, 6.45) is 0.159. The molecule has 0 spiro atoms. The molecule has 6 nitrogen and oxygen atoms in total. The lowest BCUT2D eigenvalue weighted by Gasteiger charge is -2.24. The predicted octanol–water partition coefficient (Wildman–Crippen LogP) is 4.70. The van der Waals surface area contributed by atoms with Gasteiger partial charge in [0.15, 0.2) is 0 Å². The minimum Gasteiger partial charge on any atom is -0.352 e. The van der Waals surface area contributed by atoms with Gasteiger partial charge in [-0.15, -0.1) is 0 Å². The number of nitrogens with zero attached hydrogens (tertiary/aromatic N) is 2. The van der Waals surface area contributed by atoms with Gasteiger partial charge in [-0.05, 0) is 55.8 Å². The molecule has 4 rings (SSSR count). The van der Waals surface area contributed by atoms with E-state index in [1.807, 2.05) is 65.2 Å². The van der Waals surface area contributed by atoms with Crippen LogP contribution >= 0.6 is 0 Å². The third kappa shape index (κ3) is 4.43. The summed E-state index contributed by atoms with van der Waals surface area (Å²) >= 11 is 0. The van der Waals surface area contributed by atoms with Crippen molar-refractivity contribution in [3.63, 3.8) is 0 Å². The number of hydrogen-bond donors (Lipinski definition) is 2. The Morgan fingerprint density at radius 1 is 0.935 bits per heavy atom. The van der Waals surface area contributed by atoms with E-state index in [0.29, 0.717) is 11.5 Å². The van der Waals surface area contributed by atoms with Crippen LogP contribution in [0.3, 0.4) is 0 Å². The van der Waals surface area contributed by atoms with E-state index in [-0.39, 0.29) is 30.3 Å². The molecule has 158 valence electrons. The van der Waals surface area contributed by atoms with Gasteiger partial charge in [-0.3, -0.25) is 14.9 Å². The number of hydrogen-bond acceptors (Lipinski definition) is 3. The second-order valence-electron chi connectivity index (χ2n) is 8.55. The number of nitrogens with one attached hydrogen (secondary N) is 2. The number of amides is 2. The van der Waals surface area contributed by atoms with Crippen molar-refractivity contribution in [2.45, 2.75) is 32.7 Å². The van der Waals surface area contributed by atoms with Gasteiger partial charge in [-0.25, -0.2) is 4.98 Å². The Hall–Kier alpha value is -3.67. The number of aromatic nitrogens is 2. The fourth-order valence-electron chi connectivity index (χ4n) is 3.70. The number of para-hydroxylation sites is 2. The molecule has 0 fully saturated rings. The summed E-state index contributed by atoms with van der Waals surface area (Å²) in [6.45, 7) is 6.45. The molecule has 1 aromatic heterocycles.